The Hall–Kier alpha value is -0.530. The predicted octanol–water partition coefficient (Wildman–Crippen LogP) is 1.84. The molecule has 0 amide bonds. The molecule has 0 aromatic heterocycles. The molecule has 0 aromatic carbocycles. The lowest BCUT2D eigenvalue weighted by atomic mass is 9.74. The molecule has 5 unspecified atom stereocenters. The minimum Gasteiger partial charge on any atom is -0.465 e. The van der Waals surface area contributed by atoms with Gasteiger partial charge in [0.1, 0.15) is 0 Å². The Kier molecular flexibility index (Phi) is 1.50. The van der Waals surface area contributed by atoms with Crippen LogP contribution in [0.3, 0.4) is 0 Å². The first-order valence-electron chi connectivity index (χ1n) is 5.48. The number of hydrogen-bond acceptors (Lipinski definition) is 2. The van der Waals surface area contributed by atoms with Crippen LogP contribution in [0, 0.1) is 29.6 Å². The topological polar surface area (TPSA) is 26.3 Å². The van der Waals surface area contributed by atoms with Crippen molar-refractivity contribution < 1.29 is 9.53 Å². The fraction of sp³-hybridized carbons (Fsp3) is 0.909. The Balaban J connectivity index is 1.89. The Morgan fingerprint density at radius 1 is 1.38 bits per heavy atom. The summed E-state index contributed by atoms with van der Waals surface area (Å²) in [5.74, 6) is 3.30. The van der Waals surface area contributed by atoms with Crippen molar-refractivity contribution in [2.45, 2.75) is 26.2 Å². The summed E-state index contributed by atoms with van der Waals surface area (Å²) < 4.78 is 5.15. The van der Waals surface area contributed by atoms with Crippen LogP contribution >= 0.6 is 0 Å². The van der Waals surface area contributed by atoms with Crippen LogP contribution in [0.15, 0.2) is 0 Å². The second-order valence-electron chi connectivity index (χ2n) is 4.88. The van der Waals surface area contributed by atoms with Crippen molar-refractivity contribution in [2.75, 3.05) is 6.61 Å². The smallest absolute Gasteiger partial charge is 0.309 e. The molecular formula is C11H16O2. The number of cyclic esters (lactones) is 1. The molecule has 3 fully saturated rings. The number of rotatable bonds is 1. The lowest BCUT2D eigenvalue weighted by molar-refractivity contribution is -0.142. The van der Waals surface area contributed by atoms with Crippen molar-refractivity contribution in [2.24, 2.45) is 29.6 Å². The fourth-order valence-corrected chi connectivity index (χ4v) is 3.94. The standard InChI is InChI=1S/C11H16O2/c1-2-6-3-7-4-8(6)10-9(7)5-13-11(10)12/h6-10H,2-5H2,1H3. The van der Waals surface area contributed by atoms with Crippen LogP contribution in [-0.4, -0.2) is 12.6 Å². The molecule has 1 heterocycles. The van der Waals surface area contributed by atoms with Crippen molar-refractivity contribution in [3.05, 3.63) is 0 Å². The van der Waals surface area contributed by atoms with Crippen LogP contribution in [-0.2, 0) is 9.53 Å². The van der Waals surface area contributed by atoms with Crippen LogP contribution in [0.2, 0.25) is 0 Å². The van der Waals surface area contributed by atoms with E-state index in [1.54, 1.807) is 0 Å². The van der Waals surface area contributed by atoms with Gasteiger partial charge in [-0.05, 0) is 30.6 Å². The van der Waals surface area contributed by atoms with E-state index in [0.29, 0.717) is 17.8 Å². The minimum atomic E-state index is 0.107. The van der Waals surface area contributed by atoms with Gasteiger partial charge in [0, 0.05) is 5.92 Å². The van der Waals surface area contributed by atoms with Crippen LogP contribution in [0.25, 0.3) is 0 Å². The van der Waals surface area contributed by atoms with E-state index in [2.05, 4.69) is 6.92 Å². The quantitative estimate of drug-likeness (QED) is 0.575. The normalized spacial score (nSPS) is 52.4. The van der Waals surface area contributed by atoms with Gasteiger partial charge in [-0.1, -0.05) is 13.3 Å². The average Bonchev–Trinajstić information content (AvgIpc) is 2.76. The van der Waals surface area contributed by atoms with Crippen LogP contribution in [0.5, 0.6) is 0 Å². The third kappa shape index (κ3) is 0.866. The molecule has 2 heteroatoms. The molecule has 0 radical (unpaired) electrons. The maximum absolute atomic E-state index is 11.5. The molecule has 13 heavy (non-hydrogen) atoms. The van der Waals surface area contributed by atoms with Gasteiger partial charge in [0.25, 0.3) is 0 Å². The highest BCUT2D eigenvalue weighted by Crippen LogP contribution is 2.58. The molecule has 1 saturated heterocycles. The molecule has 2 saturated carbocycles. The van der Waals surface area contributed by atoms with E-state index in [1.807, 2.05) is 0 Å². The molecule has 5 atom stereocenters. The summed E-state index contributed by atoms with van der Waals surface area (Å²) in [5.41, 5.74) is 0. The summed E-state index contributed by atoms with van der Waals surface area (Å²) in [6.45, 7) is 2.97. The number of hydrogen-bond donors (Lipinski definition) is 0. The number of carbonyl (C=O) groups is 1. The molecular weight excluding hydrogens is 164 g/mol. The summed E-state index contributed by atoms with van der Waals surface area (Å²) in [6.07, 6.45) is 3.92. The zero-order valence-corrected chi connectivity index (χ0v) is 8.03. The summed E-state index contributed by atoms with van der Waals surface area (Å²) in [7, 11) is 0. The highest BCUT2D eigenvalue weighted by atomic mass is 16.5. The Morgan fingerprint density at radius 2 is 2.23 bits per heavy atom. The SMILES string of the molecule is CCC1CC2CC1C1C(=O)OCC21. The number of esters is 1. The Bertz CT molecular complexity index is 248. The highest BCUT2D eigenvalue weighted by Gasteiger charge is 2.58. The zero-order chi connectivity index (χ0) is 9.00. The first kappa shape index (κ1) is 7.84. The Morgan fingerprint density at radius 3 is 3.00 bits per heavy atom. The summed E-state index contributed by atoms with van der Waals surface area (Å²) in [4.78, 5) is 11.5. The van der Waals surface area contributed by atoms with Gasteiger partial charge < -0.3 is 4.74 Å². The van der Waals surface area contributed by atoms with Crippen molar-refractivity contribution in [1.29, 1.82) is 0 Å². The first-order valence-corrected chi connectivity index (χ1v) is 5.48. The van der Waals surface area contributed by atoms with Gasteiger partial charge in [-0.15, -0.1) is 0 Å². The molecule has 0 aromatic rings. The summed E-state index contributed by atoms with van der Waals surface area (Å²) in [5, 5.41) is 0. The van der Waals surface area contributed by atoms with E-state index >= 15 is 0 Å². The van der Waals surface area contributed by atoms with Crippen LogP contribution < -0.4 is 0 Å². The van der Waals surface area contributed by atoms with E-state index in [9.17, 15) is 4.79 Å². The van der Waals surface area contributed by atoms with E-state index < -0.39 is 0 Å². The first-order chi connectivity index (χ1) is 6.31. The molecule has 0 N–H and O–H groups in total. The second kappa shape index (κ2) is 2.49. The van der Waals surface area contributed by atoms with Gasteiger partial charge in [0.2, 0.25) is 0 Å². The number of fused-ring (bicyclic) bond motifs is 5. The van der Waals surface area contributed by atoms with E-state index in [-0.39, 0.29) is 5.97 Å². The maximum atomic E-state index is 11.5. The largest absolute Gasteiger partial charge is 0.465 e. The van der Waals surface area contributed by atoms with Gasteiger partial charge in [-0.2, -0.15) is 0 Å². The third-order valence-electron chi connectivity index (χ3n) is 4.53. The highest BCUT2D eigenvalue weighted by molar-refractivity contribution is 5.76. The molecule has 72 valence electrons. The molecule has 3 aliphatic rings. The van der Waals surface area contributed by atoms with Gasteiger partial charge in [0.15, 0.2) is 0 Å². The van der Waals surface area contributed by atoms with E-state index in [0.717, 1.165) is 18.4 Å². The van der Waals surface area contributed by atoms with Gasteiger partial charge in [0.05, 0.1) is 12.5 Å². The van der Waals surface area contributed by atoms with Crippen molar-refractivity contribution >= 4 is 5.97 Å². The van der Waals surface area contributed by atoms with Crippen molar-refractivity contribution in [3.63, 3.8) is 0 Å². The van der Waals surface area contributed by atoms with E-state index in [1.165, 1.54) is 19.3 Å². The lowest BCUT2D eigenvalue weighted by Crippen LogP contribution is -2.28. The second-order valence-corrected chi connectivity index (χ2v) is 4.88. The molecule has 3 rings (SSSR count). The third-order valence-corrected chi connectivity index (χ3v) is 4.53. The van der Waals surface area contributed by atoms with Crippen LogP contribution in [0.4, 0.5) is 0 Å². The van der Waals surface area contributed by atoms with Gasteiger partial charge in [-0.25, -0.2) is 0 Å². The molecule has 0 spiro atoms. The molecule has 1 aliphatic heterocycles. The van der Waals surface area contributed by atoms with Crippen molar-refractivity contribution in [3.8, 4) is 0 Å². The Labute approximate surface area is 78.6 Å². The number of carbonyl (C=O) groups excluding carboxylic acids is 1. The van der Waals surface area contributed by atoms with Gasteiger partial charge in [-0.3, -0.25) is 4.79 Å². The number of ether oxygens (including phenoxy) is 1. The average molecular weight is 180 g/mol. The van der Waals surface area contributed by atoms with E-state index in [4.69, 9.17) is 4.74 Å². The summed E-state index contributed by atoms with van der Waals surface area (Å²) in [6, 6.07) is 0. The van der Waals surface area contributed by atoms with Crippen molar-refractivity contribution in [1.82, 2.24) is 0 Å². The predicted molar refractivity (Wildman–Crippen MR) is 47.9 cm³/mol. The molecule has 2 bridgehead atoms. The molecule has 2 aliphatic carbocycles. The molecule has 2 nitrogen and oxygen atoms in total. The monoisotopic (exact) mass is 180 g/mol. The maximum Gasteiger partial charge on any atom is 0.309 e. The van der Waals surface area contributed by atoms with Gasteiger partial charge >= 0.3 is 5.97 Å². The summed E-state index contributed by atoms with van der Waals surface area (Å²) >= 11 is 0. The van der Waals surface area contributed by atoms with Crippen LogP contribution in [0.1, 0.15) is 26.2 Å². The lowest BCUT2D eigenvalue weighted by Gasteiger charge is -2.27. The minimum absolute atomic E-state index is 0.107. The fourth-order valence-electron chi connectivity index (χ4n) is 3.94. The zero-order valence-electron chi connectivity index (χ0n) is 8.03.